The van der Waals surface area contributed by atoms with Gasteiger partial charge in [0.1, 0.15) is 6.07 Å². The van der Waals surface area contributed by atoms with Gasteiger partial charge in [-0.05, 0) is 28.1 Å². The summed E-state index contributed by atoms with van der Waals surface area (Å²) in [6, 6.07) is 4.31. The van der Waals surface area contributed by atoms with Gasteiger partial charge in [0.25, 0.3) is 9.05 Å². The molecule has 0 bridgehead atoms. The van der Waals surface area contributed by atoms with Crippen LogP contribution in [0.15, 0.2) is 21.5 Å². The maximum atomic E-state index is 11.0. The Labute approximate surface area is 98.8 Å². The number of nitrogens with zero attached hydrogens (tertiary/aromatic N) is 1. The van der Waals surface area contributed by atoms with E-state index < -0.39 is 9.05 Å². The van der Waals surface area contributed by atoms with Crippen LogP contribution in [0.1, 0.15) is 5.56 Å². The number of hydrogen-bond acceptors (Lipinski definition) is 3. The van der Waals surface area contributed by atoms with Crippen molar-refractivity contribution in [3.05, 3.63) is 27.2 Å². The molecule has 0 fully saturated rings. The molecular weight excluding hydrogens is 313 g/mol. The van der Waals surface area contributed by atoms with Crippen LogP contribution in [0.4, 0.5) is 0 Å². The molecular formula is C7H2BrCl2NO2S. The van der Waals surface area contributed by atoms with Gasteiger partial charge < -0.3 is 0 Å². The molecule has 0 atom stereocenters. The van der Waals surface area contributed by atoms with Crippen LogP contribution in [0, 0.1) is 11.3 Å². The molecule has 0 aromatic heterocycles. The maximum absolute atomic E-state index is 11.0. The minimum atomic E-state index is -3.87. The van der Waals surface area contributed by atoms with Crippen molar-refractivity contribution < 1.29 is 8.42 Å². The van der Waals surface area contributed by atoms with E-state index in [0.717, 1.165) is 0 Å². The molecule has 1 aromatic carbocycles. The Hall–Kier alpha value is -0.280. The van der Waals surface area contributed by atoms with E-state index in [4.69, 9.17) is 27.5 Å². The highest BCUT2D eigenvalue weighted by molar-refractivity contribution is 9.10. The van der Waals surface area contributed by atoms with E-state index >= 15 is 0 Å². The fourth-order valence-electron chi connectivity index (χ4n) is 0.824. The van der Waals surface area contributed by atoms with Crippen LogP contribution in [0.3, 0.4) is 0 Å². The van der Waals surface area contributed by atoms with E-state index in [1.54, 1.807) is 6.07 Å². The highest BCUT2D eigenvalue weighted by Crippen LogP contribution is 2.32. The number of hydrogen-bond donors (Lipinski definition) is 0. The second-order valence-electron chi connectivity index (χ2n) is 2.28. The zero-order valence-corrected chi connectivity index (χ0v) is 10.4. The molecule has 14 heavy (non-hydrogen) atoms. The standard InChI is InChI=1S/C7H2BrCl2NO2S/c8-7-4(3-11)5(9)1-2-6(7)14(10,12)13/h1-2H. The third-order valence-electron chi connectivity index (χ3n) is 1.43. The van der Waals surface area contributed by atoms with Gasteiger partial charge in [0.15, 0.2) is 0 Å². The van der Waals surface area contributed by atoms with E-state index in [2.05, 4.69) is 15.9 Å². The molecule has 0 aliphatic carbocycles. The molecule has 0 radical (unpaired) electrons. The van der Waals surface area contributed by atoms with Crippen molar-refractivity contribution in [3.8, 4) is 6.07 Å². The Morgan fingerprint density at radius 1 is 1.43 bits per heavy atom. The summed E-state index contributed by atoms with van der Waals surface area (Å²) in [4.78, 5) is -0.167. The molecule has 0 aliphatic heterocycles. The zero-order valence-electron chi connectivity index (χ0n) is 6.46. The average Bonchev–Trinajstić information content (AvgIpc) is 2.02. The largest absolute Gasteiger partial charge is 0.262 e. The van der Waals surface area contributed by atoms with Gasteiger partial charge in [0.2, 0.25) is 0 Å². The first kappa shape index (κ1) is 11.8. The predicted molar refractivity (Wildman–Crippen MR) is 56.9 cm³/mol. The Kier molecular flexibility index (Phi) is 3.43. The second kappa shape index (κ2) is 4.07. The Balaban J connectivity index is 3.62. The van der Waals surface area contributed by atoms with Gasteiger partial charge in [-0.25, -0.2) is 8.42 Å². The van der Waals surface area contributed by atoms with E-state index in [-0.39, 0.29) is 20.0 Å². The van der Waals surface area contributed by atoms with Crippen LogP contribution in [0.25, 0.3) is 0 Å². The molecule has 7 heteroatoms. The van der Waals surface area contributed by atoms with Crippen molar-refractivity contribution in [1.29, 1.82) is 5.26 Å². The molecule has 3 nitrogen and oxygen atoms in total. The lowest BCUT2D eigenvalue weighted by molar-refractivity contribution is 0.609. The maximum Gasteiger partial charge on any atom is 0.262 e. The van der Waals surface area contributed by atoms with Gasteiger partial charge in [-0.15, -0.1) is 0 Å². The van der Waals surface area contributed by atoms with Crippen LogP contribution in [-0.4, -0.2) is 8.42 Å². The molecule has 0 heterocycles. The molecule has 0 saturated heterocycles. The minimum absolute atomic E-state index is 0.0494. The lowest BCUT2D eigenvalue weighted by Crippen LogP contribution is -1.94. The normalized spacial score (nSPS) is 11.0. The summed E-state index contributed by atoms with van der Waals surface area (Å²) in [5.41, 5.74) is 0.0494. The van der Waals surface area contributed by atoms with Crippen LogP contribution in [0.5, 0.6) is 0 Å². The molecule has 0 saturated carbocycles. The molecule has 74 valence electrons. The predicted octanol–water partition coefficient (Wildman–Crippen LogP) is 2.90. The lowest BCUT2D eigenvalue weighted by Gasteiger charge is -2.03. The zero-order chi connectivity index (χ0) is 10.9. The first-order chi connectivity index (χ1) is 6.38. The number of halogens is 3. The molecule has 0 N–H and O–H groups in total. The fourth-order valence-corrected chi connectivity index (χ4v) is 3.42. The van der Waals surface area contributed by atoms with E-state index in [9.17, 15) is 8.42 Å². The van der Waals surface area contributed by atoms with Crippen LogP contribution < -0.4 is 0 Å². The summed E-state index contributed by atoms with van der Waals surface area (Å²) in [5, 5.41) is 8.86. The fraction of sp³-hybridized carbons (Fsp3) is 0. The quantitative estimate of drug-likeness (QED) is 0.749. The summed E-state index contributed by atoms with van der Waals surface area (Å²) in [6.45, 7) is 0. The van der Waals surface area contributed by atoms with Gasteiger partial charge in [-0.2, -0.15) is 5.26 Å². The van der Waals surface area contributed by atoms with E-state index in [1.165, 1.54) is 12.1 Å². The van der Waals surface area contributed by atoms with Gasteiger partial charge in [-0.1, -0.05) is 11.6 Å². The van der Waals surface area contributed by atoms with Crippen LogP contribution >= 0.6 is 38.2 Å². The van der Waals surface area contributed by atoms with Crippen molar-refractivity contribution in [2.24, 2.45) is 0 Å². The van der Waals surface area contributed by atoms with E-state index in [1.807, 2.05) is 0 Å². The SMILES string of the molecule is N#Cc1c(Cl)ccc(S(=O)(=O)Cl)c1Br. The molecule has 1 rings (SSSR count). The number of benzene rings is 1. The first-order valence-corrected chi connectivity index (χ1v) is 6.68. The smallest absolute Gasteiger partial charge is 0.207 e. The van der Waals surface area contributed by atoms with Gasteiger partial charge in [0, 0.05) is 10.7 Å². The van der Waals surface area contributed by atoms with Crippen LogP contribution in [0.2, 0.25) is 5.02 Å². The van der Waals surface area contributed by atoms with E-state index in [0.29, 0.717) is 0 Å². The molecule has 0 amide bonds. The Morgan fingerprint density at radius 3 is 2.43 bits per heavy atom. The highest BCUT2D eigenvalue weighted by Gasteiger charge is 2.18. The second-order valence-corrected chi connectivity index (χ2v) is 6.02. The van der Waals surface area contributed by atoms with Crippen molar-refractivity contribution in [2.75, 3.05) is 0 Å². The van der Waals surface area contributed by atoms with Crippen molar-refractivity contribution >= 4 is 47.3 Å². The van der Waals surface area contributed by atoms with Crippen molar-refractivity contribution in [2.45, 2.75) is 4.90 Å². The van der Waals surface area contributed by atoms with Crippen molar-refractivity contribution in [1.82, 2.24) is 0 Å². The average molecular weight is 315 g/mol. The lowest BCUT2D eigenvalue weighted by atomic mass is 10.2. The third kappa shape index (κ3) is 2.20. The van der Waals surface area contributed by atoms with Crippen molar-refractivity contribution in [3.63, 3.8) is 0 Å². The highest BCUT2D eigenvalue weighted by atomic mass is 79.9. The van der Waals surface area contributed by atoms with Crippen LogP contribution in [-0.2, 0) is 9.05 Å². The Bertz CT molecular complexity index is 521. The van der Waals surface area contributed by atoms with Gasteiger partial charge >= 0.3 is 0 Å². The number of rotatable bonds is 1. The van der Waals surface area contributed by atoms with Gasteiger partial charge in [0.05, 0.1) is 20.0 Å². The number of nitriles is 1. The monoisotopic (exact) mass is 313 g/mol. The summed E-state index contributed by atoms with van der Waals surface area (Å²) in [7, 11) is 1.27. The Morgan fingerprint density at radius 2 is 2.00 bits per heavy atom. The third-order valence-corrected chi connectivity index (χ3v) is 4.20. The first-order valence-electron chi connectivity index (χ1n) is 3.20. The molecule has 0 spiro atoms. The summed E-state index contributed by atoms with van der Waals surface area (Å²) < 4.78 is 22.1. The molecule has 1 aromatic rings. The molecule has 0 aliphatic rings. The summed E-state index contributed by atoms with van der Waals surface area (Å²) in [5.74, 6) is 0. The molecule has 0 unspecified atom stereocenters. The summed E-state index contributed by atoms with van der Waals surface area (Å²) in [6.07, 6.45) is 0. The topological polar surface area (TPSA) is 57.9 Å². The minimum Gasteiger partial charge on any atom is -0.207 e. The summed E-state index contributed by atoms with van der Waals surface area (Å²) >= 11 is 8.62. The van der Waals surface area contributed by atoms with Gasteiger partial charge in [-0.3, -0.25) is 0 Å².